The first-order valence-electron chi connectivity index (χ1n) is 7.73. The smallest absolute Gasteiger partial charge is 0.317 e. The number of fused-ring (bicyclic) bond motifs is 1. The Morgan fingerprint density at radius 3 is 2.87 bits per heavy atom. The van der Waals surface area contributed by atoms with Gasteiger partial charge < -0.3 is 19.9 Å². The van der Waals surface area contributed by atoms with Crippen molar-refractivity contribution in [2.45, 2.75) is 6.04 Å². The van der Waals surface area contributed by atoms with Crippen LogP contribution in [-0.4, -0.2) is 76.1 Å². The number of carbonyl (C=O) groups is 1. The van der Waals surface area contributed by atoms with Gasteiger partial charge in [0.1, 0.15) is 12.1 Å². The number of aromatic nitrogens is 4. The van der Waals surface area contributed by atoms with Crippen LogP contribution < -0.4 is 10.2 Å². The minimum atomic E-state index is -0.00726. The summed E-state index contributed by atoms with van der Waals surface area (Å²) in [5, 5.41) is 8.23. The molecule has 9 heteroatoms. The maximum Gasteiger partial charge on any atom is 0.317 e. The van der Waals surface area contributed by atoms with E-state index in [4.69, 9.17) is 4.74 Å². The van der Waals surface area contributed by atoms with E-state index in [2.05, 4.69) is 25.3 Å². The maximum atomic E-state index is 12.2. The molecule has 0 aliphatic carbocycles. The fourth-order valence-corrected chi connectivity index (χ4v) is 2.98. The quantitative estimate of drug-likeness (QED) is 0.810. The van der Waals surface area contributed by atoms with Crippen LogP contribution in [0, 0.1) is 0 Å². The molecule has 0 spiro atoms. The van der Waals surface area contributed by atoms with E-state index in [1.807, 2.05) is 7.05 Å². The number of nitrogens with zero attached hydrogens (tertiary/aromatic N) is 6. The number of aryl methyl sites for hydroxylation is 1. The highest BCUT2D eigenvalue weighted by Gasteiger charge is 2.32. The summed E-state index contributed by atoms with van der Waals surface area (Å²) in [6.45, 7) is 4.04. The summed E-state index contributed by atoms with van der Waals surface area (Å²) in [6, 6.07) is 0.138. The number of morpholine rings is 1. The number of ether oxygens (including phenoxy) is 1. The lowest BCUT2D eigenvalue weighted by Gasteiger charge is -2.41. The van der Waals surface area contributed by atoms with Crippen LogP contribution in [0.15, 0.2) is 12.5 Å². The van der Waals surface area contributed by atoms with Gasteiger partial charge in [-0.3, -0.25) is 4.68 Å². The molecule has 0 bridgehead atoms. The zero-order valence-electron chi connectivity index (χ0n) is 13.0. The summed E-state index contributed by atoms with van der Waals surface area (Å²) in [5.41, 5.74) is 0.816. The van der Waals surface area contributed by atoms with Gasteiger partial charge in [0.2, 0.25) is 0 Å². The number of rotatable bonds is 2. The summed E-state index contributed by atoms with van der Waals surface area (Å²) in [5.74, 6) is 0.875. The fourth-order valence-electron chi connectivity index (χ4n) is 2.98. The lowest BCUT2D eigenvalue weighted by Crippen LogP contribution is -2.62. The van der Waals surface area contributed by atoms with Gasteiger partial charge in [-0.2, -0.15) is 5.10 Å². The third kappa shape index (κ3) is 2.56. The molecular formula is C14H19N7O2. The van der Waals surface area contributed by atoms with Gasteiger partial charge >= 0.3 is 6.03 Å². The molecule has 0 aromatic carbocycles. The molecule has 2 aliphatic heterocycles. The van der Waals surface area contributed by atoms with Crippen molar-refractivity contribution >= 4 is 22.9 Å². The number of anilines is 1. The van der Waals surface area contributed by atoms with Crippen LogP contribution in [0.1, 0.15) is 0 Å². The maximum absolute atomic E-state index is 12.2. The van der Waals surface area contributed by atoms with E-state index in [0.717, 1.165) is 29.9 Å². The second-order valence-corrected chi connectivity index (χ2v) is 5.85. The van der Waals surface area contributed by atoms with E-state index in [-0.39, 0.29) is 12.1 Å². The van der Waals surface area contributed by atoms with Crippen molar-refractivity contribution in [1.29, 1.82) is 0 Å². The summed E-state index contributed by atoms with van der Waals surface area (Å²) >= 11 is 0. The molecule has 0 unspecified atom stereocenters. The van der Waals surface area contributed by atoms with E-state index in [1.54, 1.807) is 22.1 Å². The van der Waals surface area contributed by atoms with E-state index >= 15 is 0 Å². The normalized spacial score (nSPS) is 19.0. The lowest BCUT2D eigenvalue weighted by molar-refractivity contribution is 0.0522. The van der Waals surface area contributed by atoms with Crippen molar-refractivity contribution in [2.24, 2.45) is 7.05 Å². The van der Waals surface area contributed by atoms with Gasteiger partial charge in [0.05, 0.1) is 30.8 Å². The number of urea groups is 1. The first-order valence-corrected chi connectivity index (χ1v) is 7.73. The van der Waals surface area contributed by atoms with Crippen molar-refractivity contribution < 1.29 is 9.53 Å². The average molecular weight is 317 g/mol. The third-order valence-corrected chi connectivity index (χ3v) is 4.32. The highest BCUT2D eigenvalue weighted by molar-refractivity contribution is 5.87. The monoisotopic (exact) mass is 317 g/mol. The first kappa shape index (κ1) is 14.2. The molecule has 2 amide bonds. The number of nitrogens with one attached hydrogen (secondary N) is 1. The molecule has 9 nitrogen and oxygen atoms in total. The fraction of sp³-hybridized carbons (Fsp3) is 0.571. The Bertz CT molecular complexity index is 719. The third-order valence-electron chi connectivity index (χ3n) is 4.32. The van der Waals surface area contributed by atoms with E-state index in [1.165, 1.54) is 0 Å². The molecule has 2 aliphatic rings. The molecule has 1 N–H and O–H groups in total. The van der Waals surface area contributed by atoms with Gasteiger partial charge in [0, 0.05) is 33.2 Å². The molecule has 0 radical (unpaired) electrons. The predicted octanol–water partition coefficient (Wildman–Crippen LogP) is -0.406. The number of hydrogen-bond donors (Lipinski definition) is 1. The van der Waals surface area contributed by atoms with Crippen LogP contribution in [0.2, 0.25) is 0 Å². The van der Waals surface area contributed by atoms with Gasteiger partial charge in [-0.1, -0.05) is 0 Å². The molecule has 0 saturated carbocycles. The van der Waals surface area contributed by atoms with Crippen LogP contribution in [0.3, 0.4) is 0 Å². The summed E-state index contributed by atoms with van der Waals surface area (Å²) < 4.78 is 7.00. The Hall–Kier alpha value is -2.42. The second kappa shape index (κ2) is 5.65. The van der Waals surface area contributed by atoms with Gasteiger partial charge in [0.25, 0.3) is 0 Å². The van der Waals surface area contributed by atoms with Crippen molar-refractivity contribution in [3.05, 3.63) is 12.5 Å². The van der Waals surface area contributed by atoms with Crippen LogP contribution in [0.4, 0.5) is 10.6 Å². The zero-order valence-corrected chi connectivity index (χ0v) is 13.0. The van der Waals surface area contributed by atoms with Gasteiger partial charge in [-0.15, -0.1) is 0 Å². The molecule has 23 heavy (non-hydrogen) atoms. The molecule has 2 saturated heterocycles. The number of hydrogen-bond acceptors (Lipinski definition) is 6. The summed E-state index contributed by atoms with van der Waals surface area (Å²) in [7, 11) is 1.86. The van der Waals surface area contributed by atoms with Crippen molar-refractivity contribution in [3.63, 3.8) is 0 Å². The molecule has 0 atom stereocenters. The highest BCUT2D eigenvalue weighted by atomic mass is 16.5. The highest BCUT2D eigenvalue weighted by Crippen LogP contribution is 2.26. The number of carbonyl (C=O) groups excluding carboxylic acids is 1. The van der Waals surface area contributed by atoms with E-state index < -0.39 is 0 Å². The summed E-state index contributed by atoms with van der Waals surface area (Å²) in [4.78, 5) is 24.7. The lowest BCUT2D eigenvalue weighted by atomic mass is 10.1. The predicted molar refractivity (Wildman–Crippen MR) is 83.2 cm³/mol. The van der Waals surface area contributed by atoms with Crippen LogP contribution in [0.5, 0.6) is 0 Å². The molecule has 4 rings (SSSR count). The Labute approximate surface area is 133 Å². The molecule has 2 aromatic heterocycles. The number of amides is 2. The topological polar surface area (TPSA) is 88.4 Å². The van der Waals surface area contributed by atoms with Crippen molar-refractivity contribution in [3.8, 4) is 0 Å². The largest absolute Gasteiger partial charge is 0.378 e. The SMILES string of the molecule is Cn1ncc2c(N3CC(NC(=O)N4CCOCC4)C3)ncnc21. The van der Waals surface area contributed by atoms with Gasteiger partial charge in [0.15, 0.2) is 5.65 Å². The zero-order chi connectivity index (χ0) is 15.8. The second-order valence-electron chi connectivity index (χ2n) is 5.85. The van der Waals surface area contributed by atoms with Gasteiger partial charge in [-0.05, 0) is 0 Å². The Balaban J connectivity index is 1.38. The Morgan fingerprint density at radius 1 is 1.30 bits per heavy atom. The van der Waals surface area contributed by atoms with Crippen LogP contribution >= 0.6 is 0 Å². The Morgan fingerprint density at radius 2 is 2.09 bits per heavy atom. The molecule has 2 fully saturated rings. The van der Waals surface area contributed by atoms with Crippen LogP contribution in [-0.2, 0) is 11.8 Å². The standard InChI is InChI=1S/C14H19N7O2/c1-19-12-11(6-17-19)13(16-9-15-12)21-7-10(8-21)18-14(22)20-2-4-23-5-3-20/h6,9-10H,2-5,7-8H2,1H3,(H,18,22). The van der Waals surface area contributed by atoms with E-state index in [9.17, 15) is 4.79 Å². The molecule has 4 heterocycles. The van der Waals surface area contributed by atoms with Crippen LogP contribution in [0.25, 0.3) is 11.0 Å². The van der Waals surface area contributed by atoms with E-state index in [0.29, 0.717) is 26.3 Å². The molecule has 2 aromatic rings. The molecular weight excluding hydrogens is 298 g/mol. The Kier molecular flexibility index (Phi) is 3.49. The molecule has 122 valence electrons. The average Bonchev–Trinajstić information content (AvgIpc) is 2.93. The summed E-state index contributed by atoms with van der Waals surface area (Å²) in [6.07, 6.45) is 3.34. The van der Waals surface area contributed by atoms with Crippen molar-refractivity contribution in [2.75, 3.05) is 44.3 Å². The van der Waals surface area contributed by atoms with Gasteiger partial charge in [-0.25, -0.2) is 14.8 Å². The van der Waals surface area contributed by atoms with Crippen molar-refractivity contribution in [1.82, 2.24) is 30.0 Å². The first-order chi connectivity index (χ1) is 11.2. The minimum Gasteiger partial charge on any atom is -0.378 e. The minimum absolute atomic E-state index is 0.00726.